The predicted octanol–water partition coefficient (Wildman–Crippen LogP) is 1.67. The molecule has 5 nitrogen and oxygen atoms in total. The number of nitrogens with zero attached hydrogens (tertiary/aromatic N) is 1. The monoisotopic (exact) mass is 263 g/mol. The van der Waals surface area contributed by atoms with Crippen LogP contribution in [0.4, 0.5) is 5.82 Å². The van der Waals surface area contributed by atoms with Crippen LogP contribution in [0.2, 0.25) is 0 Å². The molecule has 1 heterocycles. The van der Waals surface area contributed by atoms with E-state index in [2.05, 4.69) is 15.6 Å². The molecule has 1 aromatic heterocycles. The van der Waals surface area contributed by atoms with Crippen molar-refractivity contribution < 1.29 is 9.53 Å². The molecule has 2 rings (SSSR count). The number of pyridine rings is 1. The van der Waals surface area contributed by atoms with Crippen molar-refractivity contribution in [1.29, 1.82) is 0 Å². The Kier molecular flexibility index (Phi) is 5.15. The number of carbonyl (C=O) groups is 1. The largest absolute Gasteiger partial charge is 0.381 e. The smallest absolute Gasteiger partial charge is 0.251 e. The Balaban J connectivity index is 1.62. The fourth-order valence-electron chi connectivity index (χ4n) is 1.72. The van der Waals surface area contributed by atoms with Crippen molar-refractivity contribution >= 4 is 11.7 Å². The van der Waals surface area contributed by atoms with Gasteiger partial charge in [-0.1, -0.05) is 0 Å². The van der Waals surface area contributed by atoms with Crippen molar-refractivity contribution in [2.75, 3.05) is 32.1 Å². The number of nitrogens with one attached hydrogen (secondary N) is 2. The van der Waals surface area contributed by atoms with E-state index < -0.39 is 0 Å². The number of carbonyl (C=O) groups excluding carboxylic acids is 1. The summed E-state index contributed by atoms with van der Waals surface area (Å²) < 4.78 is 5.51. The molecule has 0 unspecified atom stereocenters. The summed E-state index contributed by atoms with van der Waals surface area (Å²) in [7, 11) is 1.78. The molecule has 0 radical (unpaired) electrons. The minimum absolute atomic E-state index is 0.0684. The molecule has 1 aromatic rings. The molecule has 19 heavy (non-hydrogen) atoms. The van der Waals surface area contributed by atoms with Crippen LogP contribution in [0.15, 0.2) is 18.3 Å². The highest BCUT2D eigenvalue weighted by atomic mass is 16.5. The molecule has 2 N–H and O–H groups in total. The zero-order chi connectivity index (χ0) is 13.5. The lowest BCUT2D eigenvalue weighted by Gasteiger charge is -2.07. The average Bonchev–Trinajstić information content (AvgIpc) is 3.26. The summed E-state index contributed by atoms with van der Waals surface area (Å²) in [5.41, 5.74) is 0.623. The lowest BCUT2D eigenvalue weighted by Crippen LogP contribution is -2.25. The highest BCUT2D eigenvalue weighted by molar-refractivity contribution is 5.94. The van der Waals surface area contributed by atoms with Gasteiger partial charge in [-0.3, -0.25) is 4.79 Å². The second-order valence-corrected chi connectivity index (χ2v) is 4.81. The van der Waals surface area contributed by atoms with Crippen LogP contribution in [0.25, 0.3) is 0 Å². The first-order valence-electron chi connectivity index (χ1n) is 6.79. The van der Waals surface area contributed by atoms with Gasteiger partial charge in [0.15, 0.2) is 0 Å². The highest BCUT2D eigenvalue weighted by Crippen LogP contribution is 2.28. The van der Waals surface area contributed by atoms with Gasteiger partial charge < -0.3 is 15.4 Å². The van der Waals surface area contributed by atoms with E-state index in [1.165, 1.54) is 12.8 Å². The molecule has 5 heteroatoms. The number of hydrogen-bond donors (Lipinski definition) is 2. The number of rotatable bonds is 8. The van der Waals surface area contributed by atoms with E-state index in [9.17, 15) is 4.79 Å². The molecular weight excluding hydrogens is 242 g/mol. The third-order valence-corrected chi connectivity index (χ3v) is 3.08. The van der Waals surface area contributed by atoms with Crippen LogP contribution in [0.3, 0.4) is 0 Å². The van der Waals surface area contributed by atoms with Crippen molar-refractivity contribution in [2.24, 2.45) is 5.92 Å². The van der Waals surface area contributed by atoms with Crippen molar-refractivity contribution in [2.45, 2.75) is 19.3 Å². The van der Waals surface area contributed by atoms with Gasteiger partial charge in [-0.05, 0) is 37.3 Å². The standard InChI is InChI=1S/C14H21N3O2/c1-15-13-9-12(5-7-16-13)14(18)17-6-2-8-19-10-11-3-4-11/h5,7,9,11H,2-4,6,8,10H2,1H3,(H,15,16)(H,17,18). The summed E-state index contributed by atoms with van der Waals surface area (Å²) in [5, 5.41) is 5.79. The number of anilines is 1. The lowest BCUT2D eigenvalue weighted by atomic mass is 10.2. The van der Waals surface area contributed by atoms with E-state index in [1.807, 2.05) is 0 Å². The molecule has 0 spiro atoms. The molecule has 104 valence electrons. The van der Waals surface area contributed by atoms with Crippen molar-refractivity contribution in [3.05, 3.63) is 23.9 Å². The van der Waals surface area contributed by atoms with E-state index in [4.69, 9.17) is 4.74 Å². The highest BCUT2D eigenvalue weighted by Gasteiger charge is 2.20. The molecule has 0 bridgehead atoms. The maximum absolute atomic E-state index is 11.9. The van der Waals surface area contributed by atoms with E-state index >= 15 is 0 Å². The van der Waals surface area contributed by atoms with Crippen LogP contribution in [0, 0.1) is 5.92 Å². The Hall–Kier alpha value is -1.62. The lowest BCUT2D eigenvalue weighted by molar-refractivity contribution is 0.0937. The van der Waals surface area contributed by atoms with Gasteiger partial charge in [0.05, 0.1) is 0 Å². The summed E-state index contributed by atoms with van der Waals surface area (Å²) >= 11 is 0. The number of amides is 1. The normalized spacial score (nSPS) is 14.2. The molecule has 0 aromatic carbocycles. The summed E-state index contributed by atoms with van der Waals surface area (Å²) in [4.78, 5) is 15.9. The Bertz CT molecular complexity index is 419. The van der Waals surface area contributed by atoms with E-state index in [-0.39, 0.29) is 5.91 Å². The third-order valence-electron chi connectivity index (χ3n) is 3.08. The van der Waals surface area contributed by atoms with Crippen molar-refractivity contribution in [3.63, 3.8) is 0 Å². The average molecular weight is 263 g/mol. The van der Waals surface area contributed by atoms with Gasteiger partial charge in [-0.15, -0.1) is 0 Å². The summed E-state index contributed by atoms with van der Waals surface area (Å²) in [6, 6.07) is 3.44. The third kappa shape index (κ3) is 4.87. The molecule has 1 aliphatic rings. The van der Waals surface area contributed by atoms with Crippen LogP contribution in [-0.2, 0) is 4.74 Å². The topological polar surface area (TPSA) is 63.2 Å². The first-order chi connectivity index (χ1) is 9.29. The Morgan fingerprint density at radius 2 is 2.37 bits per heavy atom. The first kappa shape index (κ1) is 13.8. The van der Waals surface area contributed by atoms with Gasteiger partial charge in [0.2, 0.25) is 0 Å². The van der Waals surface area contributed by atoms with Gasteiger partial charge in [0.1, 0.15) is 5.82 Å². The van der Waals surface area contributed by atoms with E-state index in [1.54, 1.807) is 25.4 Å². The maximum Gasteiger partial charge on any atom is 0.251 e. The van der Waals surface area contributed by atoms with E-state index in [0.29, 0.717) is 17.9 Å². The number of aromatic nitrogens is 1. The fraction of sp³-hybridized carbons (Fsp3) is 0.571. The fourth-order valence-corrected chi connectivity index (χ4v) is 1.72. The quantitative estimate of drug-likeness (QED) is 0.700. The van der Waals surface area contributed by atoms with Crippen LogP contribution in [0.1, 0.15) is 29.6 Å². The van der Waals surface area contributed by atoms with Crippen molar-refractivity contribution in [1.82, 2.24) is 10.3 Å². The van der Waals surface area contributed by atoms with Gasteiger partial charge in [-0.2, -0.15) is 0 Å². The van der Waals surface area contributed by atoms with Crippen LogP contribution in [-0.4, -0.2) is 37.7 Å². The zero-order valence-corrected chi connectivity index (χ0v) is 11.3. The molecule has 1 fully saturated rings. The Morgan fingerprint density at radius 1 is 1.53 bits per heavy atom. The molecule has 0 aliphatic heterocycles. The Morgan fingerprint density at radius 3 is 3.11 bits per heavy atom. The predicted molar refractivity (Wildman–Crippen MR) is 74.3 cm³/mol. The maximum atomic E-state index is 11.9. The minimum Gasteiger partial charge on any atom is -0.381 e. The van der Waals surface area contributed by atoms with Gasteiger partial charge >= 0.3 is 0 Å². The van der Waals surface area contributed by atoms with Gasteiger partial charge in [-0.25, -0.2) is 4.98 Å². The van der Waals surface area contributed by atoms with Gasteiger partial charge in [0, 0.05) is 38.6 Å². The molecule has 1 amide bonds. The van der Waals surface area contributed by atoms with Crippen LogP contribution >= 0.6 is 0 Å². The molecular formula is C14H21N3O2. The molecule has 0 atom stereocenters. The van der Waals surface area contributed by atoms with E-state index in [0.717, 1.165) is 25.6 Å². The number of ether oxygens (including phenoxy) is 1. The zero-order valence-electron chi connectivity index (χ0n) is 11.3. The molecule has 1 aliphatic carbocycles. The van der Waals surface area contributed by atoms with Crippen LogP contribution < -0.4 is 10.6 Å². The molecule has 0 saturated heterocycles. The van der Waals surface area contributed by atoms with Gasteiger partial charge in [0.25, 0.3) is 5.91 Å². The SMILES string of the molecule is CNc1cc(C(=O)NCCCOCC2CC2)ccn1. The molecule has 1 saturated carbocycles. The first-order valence-corrected chi connectivity index (χ1v) is 6.79. The minimum atomic E-state index is -0.0684. The van der Waals surface area contributed by atoms with Crippen molar-refractivity contribution in [3.8, 4) is 0 Å². The summed E-state index contributed by atoms with van der Waals surface area (Å²) in [6.45, 7) is 2.24. The summed E-state index contributed by atoms with van der Waals surface area (Å²) in [6.07, 6.45) is 5.10. The van der Waals surface area contributed by atoms with Crippen LogP contribution in [0.5, 0.6) is 0 Å². The Labute approximate surface area is 113 Å². The second-order valence-electron chi connectivity index (χ2n) is 4.81. The number of hydrogen-bond acceptors (Lipinski definition) is 4. The second kappa shape index (κ2) is 7.09. The summed E-state index contributed by atoms with van der Waals surface area (Å²) in [5.74, 6) is 1.42.